The summed E-state index contributed by atoms with van der Waals surface area (Å²) < 4.78 is 5.82. The molecule has 1 aromatic carbocycles. The van der Waals surface area contributed by atoms with Gasteiger partial charge in [-0.2, -0.15) is 0 Å². The second kappa shape index (κ2) is 8.76. The van der Waals surface area contributed by atoms with Crippen molar-refractivity contribution in [1.82, 2.24) is 9.88 Å². The van der Waals surface area contributed by atoms with Crippen molar-refractivity contribution in [2.45, 2.75) is 52.6 Å². The lowest BCUT2D eigenvalue weighted by Crippen LogP contribution is -2.50. The lowest BCUT2D eigenvalue weighted by atomic mass is 9.99. The van der Waals surface area contributed by atoms with Crippen molar-refractivity contribution in [1.29, 1.82) is 0 Å². The van der Waals surface area contributed by atoms with Crippen LogP contribution in [-0.2, 0) is 16.0 Å². The number of aromatic nitrogens is 1. The van der Waals surface area contributed by atoms with E-state index in [4.69, 9.17) is 9.72 Å². The maximum absolute atomic E-state index is 12.9. The summed E-state index contributed by atoms with van der Waals surface area (Å²) in [5.41, 5.74) is 2.48. The lowest BCUT2D eigenvalue weighted by Gasteiger charge is -2.36. The number of rotatable bonds is 5. The molecule has 1 unspecified atom stereocenters. The third-order valence-corrected chi connectivity index (χ3v) is 6.82. The molecule has 6 nitrogen and oxygen atoms in total. The highest BCUT2D eigenvalue weighted by molar-refractivity contribution is 7.09. The molecule has 0 bridgehead atoms. The number of thiazole rings is 1. The molecule has 2 aliphatic heterocycles. The van der Waals surface area contributed by atoms with Gasteiger partial charge < -0.3 is 9.64 Å². The Morgan fingerprint density at radius 3 is 2.77 bits per heavy atom. The largest absolute Gasteiger partial charge is 0.479 e. The average molecular weight is 428 g/mol. The van der Waals surface area contributed by atoms with Gasteiger partial charge in [0, 0.05) is 24.0 Å². The molecule has 1 aromatic heterocycles. The van der Waals surface area contributed by atoms with Gasteiger partial charge in [0.25, 0.3) is 5.91 Å². The Hall–Kier alpha value is -2.41. The van der Waals surface area contributed by atoms with E-state index in [0.29, 0.717) is 17.4 Å². The van der Waals surface area contributed by atoms with Crippen LogP contribution in [0.2, 0.25) is 0 Å². The van der Waals surface area contributed by atoms with Crippen molar-refractivity contribution in [3.8, 4) is 17.0 Å². The van der Waals surface area contributed by atoms with E-state index < -0.39 is 6.10 Å². The van der Waals surface area contributed by atoms with E-state index >= 15 is 0 Å². The summed E-state index contributed by atoms with van der Waals surface area (Å²) in [5, 5.41) is 3.16. The first kappa shape index (κ1) is 20.8. The first-order chi connectivity index (χ1) is 14.5. The average Bonchev–Trinajstić information content (AvgIpc) is 3.20. The van der Waals surface area contributed by atoms with Crippen molar-refractivity contribution < 1.29 is 14.3 Å². The van der Waals surface area contributed by atoms with Crippen LogP contribution in [0.15, 0.2) is 23.6 Å². The standard InChI is InChI=1S/C23H29N3O3S/c1-4-5-21-24-18(14-30-21)17-6-7-20-19(12-17)26(23(28)16(3)29-20)13-22(27)25-10-8-15(2)9-11-25/h6-7,12,14-16H,4-5,8-11,13H2,1-3H3. The molecule has 3 heterocycles. The van der Waals surface area contributed by atoms with E-state index in [1.807, 2.05) is 28.5 Å². The van der Waals surface area contributed by atoms with Crippen LogP contribution in [0.25, 0.3) is 11.3 Å². The van der Waals surface area contributed by atoms with Crippen LogP contribution in [0.1, 0.15) is 45.0 Å². The summed E-state index contributed by atoms with van der Waals surface area (Å²) in [4.78, 5) is 34.0. The number of aryl methyl sites for hydroxylation is 1. The Kier molecular flexibility index (Phi) is 6.09. The smallest absolute Gasteiger partial charge is 0.268 e. The van der Waals surface area contributed by atoms with E-state index in [0.717, 1.165) is 55.0 Å². The maximum atomic E-state index is 12.9. The quantitative estimate of drug-likeness (QED) is 0.720. The third kappa shape index (κ3) is 4.21. The number of ether oxygens (including phenoxy) is 1. The fourth-order valence-corrected chi connectivity index (χ4v) is 4.90. The van der Waals surface area contributed by atoms with Gasteiger partial charge >= 0.3 is 0 Å². The Morgan fingerprint density at radius 1 is 1.27 bits per heavy atom. The second-order valence-electron chi connectivity index (χ2n) is 8.31. The Labute approximate surface area is 181 Å². The fourth-order valence-electron chi connectivity index (χ4n) is 3.99. The van der Waals surface area contributed by atoms with E-state index in [1.165, 1.54) is 0 Å². The summed E-state index contributed by atoms with van der Waals surface area (Å²) in [7, 11) is 0. The molecule has 1 saturated heterocycles. The number of carbonyl (C=O) groups excluding carboxylic acids is 2. The van der Waals surface area contributed by atoms with Gasteiger partial charge in [0.2, 0.25) is 5.91 Å². The predicted octanol–water partition coefficient (Wildman–Crippen LogP) is 4.14. The van der Waals surface area contributed by atoms with Gasteiger partial charge in [-0.05, 0) is 56.7 Å². The molecule has 0 aliphatic carbocycles. The summed E-state index contributed by atoms with van der Waals surface area (Å²) >= 11 is 1.65. The molecule has 0 radical (unpaired) electrons. The highest BCUT2D eigenvalue weighted by Crippen LogP contribution is 2.38. The molecule has 1 fully saturated rings. The van der Waals surface area contributed by atoms with E-state index in [9.17, 15) is 9.59 Å². The highest BCUT2D eigenvalue weighted by atomic mass is 32.1. The van der Waals surface area contributed by atoms with Crippen LogP contribution in [-0.4, -0.2) is 47.4 Å². The predicted molar refractivity (Wildman–Crippen MR) is 119 cm³/mol. The lowest BCUT2D eigenvalue weighted by molar-refractivity contribution is -0.134. The molecule has 0 saturated carbocycles. The van der Waals surface area contributed by atoms with Crippen LogP contribution in [0.4, 0.5) is 5.69 Å². The molecular weight excluding hydrogens is 398 g/mol. The number of hydrogen-bond donors (Lipinski definition) is 0. The first-order valence-corrected chi connectivity index (χ1v) is 11.7. The van der Waals surface area contributed by atoms with Crippen LogP contribution in [0.5, 0.6) is 5.75 Å². The number of carbonyl (C=O) groups is 2. The normalized spacial score (nSPS) is 19.6. The molecule has 7 heteroatoms. The topological polar surface area (TPSA) is 62.7 Å². The van der Waals surface area contributed by atoms with Crippen molar-refractivity contribution in [2.75, 3.05) is 24.5 Å². The molecule has 2 amide bonds. The van der Waals surface area contributed by atoms with E-state index in [2.05, 4.69) is 13.8 Å². The molecule has 0 N–H and O–H groups in total. The van der Waals surface area contributed by atoms with Gasteiger partial charge in [-0.25, -0.2) is 4.98 Å². The second-order valence-corrected chi connectivity index (χ2v) is 9.25. The van der Waals surface area contributed by atoms with E-state index in [-0.39, 0.29) is 18.4 Å². The summed E-state index contributed by atoms with van der Waals surface area (Å²) in [6, 6.07) is 5.78. The van der Waals surface area contributed by atoms with Crippen molar-refractivity contribution in [3.63, 3.8) is 0 Å². The molecule has 0 spiro atoms. The zero-order valence-corrected chi connectivity index (χ0v) is 18.7. The van der Waals surface area contributed by atoms with Gasteiger partial charge in [0.1, 0.15) is 12.3 Å². The third-order valence-electron chi connectivity index (χ3n) is 5.91. The monoisotopic (exact) mass is 427 g/mol. The number of amides is 2. The summed E-state index contributed by atoms with van der Waals surface area (Å²) in [6.07, 6.45) is 3.45. The number of benzene rings is 1. The van der Waals surface area contributed by atoms with Crippen molar-refractivity contribution >= 4 is 28.8 Å². The van der Waals surface area contributed by atoms with Gasteiger partial charge in [0.05, 0.1) is 16.4 Å². The SMILES string of the molecule is CCCc1nc(-c2ccc3c(c2)N(CC(=O)N2CCC(C)CC2)C(=O)C(C)O3)cs1. The first-order valence-electron chi connectivity index (χ1n) is 10.8. The number of fused-ring (bicyclic) bond motifs is 1. The van der Waals surface area contributed by atoms with Crippen molar-refractivity contribution in [3.05, 3.63) is 28.6 Å². The van der Waals surface area contributed by atoms with Gasteiger partial charge in [-0.1, -0.05) is 13.8 Å². The van der Waals surface area contributed by atoms with Crippen molar-refractivity contribution in [2.24, 2.45) is 5.92 Å². The van der Waals surface area contributed by atoms with Gasteiger partial charge in [-0.3, -0.25) is 14.5 Å². The molecule has 30 heavy (non-hydrogen) atoms. The minimum atomic E-state index is -0.604. The fraction of sp³-hybridized carbons (Fsp3) is 0.522. The molecule has 4 rings (SSSR count). The summed E-state index contributed by atoms with van der Waals surface area (Å²) in [6.45, 7) is 7.67. The molecule has 2 aromatic rings. The molecule has 1 atom stereocenters. The van der Waals surface area contributed by atoms with Gasteiger partial charge in [-0.15, -0.1) is 11.3 Å². The number of likely N-dealkylation sites (tertiary alicyclic amines) is 1. The minimum absolute atomic E-state index is 0.000376. The molecule has 2 aliphatic rings. The Bertz CT molecular complexity index is 934. The number of anilines is 1. The van der Waals surface area contributed by atoms with Crippen LogP contribution < -0.4 is 9.64 Å². The van der Waals surface area contributed by atoms with E-state index in [1.54, 1.807) is 23.2 Å². The Morgan fingerprint density at radius 2 is 2.03 bits per heavy atom. The number of hydrogen-bond acceptors (Lipinski definition) is 5. The zero-order chi connectivity index (χ0) is 21.3. The van der Waals surface area contributed by atoms with Crippen LogP contribution >= 0.6 is 11.3 Å². The molecule has 160 valence electrons. The summed E-state index contributed by atoms with van der Waals surface area (Å²) in [5.74, 6) is 1.11. The maximum Gasteiger partial charge on any atom is 0.268 e. The van der Waals surface area contributed by atoms with Crippen LogP contribution in [0, 0.1) is 5.92 Å². The molecular formula is C23H29N3O3S. The van der Waals surface area contributed by atoms with Crippen LogP contribution in [0.3, 0.4) is 0 Å². The zero-order valence-electron chi connectivity index (χ0n) is 17.9. The highest BCUT2D eigenvalue weighted by Gasteiger charge is 2.34. The van der Waals surface area contributed by atoms with Gasteiger partial charge in [0.15, 0.2) is 6.10 Å². The number of nitrogens with zero attached hydrogens (tertiary/aromatic N) is 3. The minimum Gasteiger partial charge on any atom is -0.479 e. The Balaban J connectivity index is 1.60. The number of piperidine rings is 1.